The van der Waals surface area contributed by atoms with Gasteiger partial charge in [0.2, 0.25) is 0 Å². The van der Waals surface area contributed by atoms with Gasteiger partial charge in [0.1, 0.15) is 0 Å². The first kappa shape index (κ1) is 13.5. The number of nitro groups is 1. The van der Waals surface area contributed by atoms with E-state index in [0.717, 1.165) is 15.7 Å². The van der Waals surface area contributed by atoms with Crippen molar-refractivity contribution in [2.45, 2.75) is 13.5 Å². The molecule has 0 aliphatic heterocycles. The number of anilines is 1. The maximum atomic E-state index is 10.9. The number of halogens is 1. The molecule has 2 aromatic rings. The third kappa shape index (κ3) is 3.08. The summed E-state index contributed by atoms with van der Waals surface area (Å²) in [5.74, 6) is 0. The number of nitro benzene ring substituents is 1. The quantitative estimate of drug-likeness (QED) is 0.689. The van der Waals surface area contributed by atoms with Gasteiger partial charge >= 0.3 is 0 Å². The topological polar surface area (TPSA) is 68.1 Å². The molecule has 98 valence electrons. The van der Waals surface area contributed by atoms with Gasteiger partial charge in [-0.25, -0.2) is 0 Å². The van der Waals surface area contributed by atoms with Gasteiger partial charge in [-0.2, -0.15) is 0 Å². The van der Waals surface area contributed by atoms with Crippen molar-refractivity contribution in [1.29, 1.82) is 0 Å². The van der Waals surface area contributed by atoms with Gasteiger partial charge in [-0.3, -0.25) is 15.1 Å². The Labute approximate surface area is 119 Å². The highest BCUT2D eigenvalue weighted by molar-refractivity contribution is 9.10. The first-order chi connectivity index (χ1) is 9.09. The van der Waals surface area contributed by atoms with Crippen LogP contribution in [0.3, 0.4) is 0 Å². The second-order valence-electron chi connectivity index (χ2n) is 4.03. The second-order valence-corrected chi connectivity index (χ2v) is 4.88. The van der Waals surface area contributed by atoms with Gasteiger partial charge < -0.3 is 5.32 Å². The number of rotatable bonds is 4. The van der Waals surface area contributed by atoms with Crippen LogP contribution in [-0.2, 0) is 6.54 Å². The standard InChI is InChI=1S/C13H12BrN3O2/c1-9-10(3-2-4-13(9)17(18)19)7-16-12-5-6-15-8-11(12)14/h2-6,8H,7H2,1H3,(H,15,16). The fourth-order valence-electron chi connectivity index (χ4n) is 1.77. The van der Waals surface area contributed by atoms with Crippen LogP contribution in [0.2, 0.25) is 0 Å². The van der Waals surface area contributed by atoms with Crippen LogP contribution in [0.15, 0.2) is 41.1 Å². The van der Waals surface area contributed by atoms with Crippen LogP contribution in [0, 0.1) is 17.0 Å². The summed E-state index contributed by atoms with van der Waals surface area (Å²) in [6.07, 6.45) is 3.38. The molecule has 0 radical (unpaired) electrons. The number of hydrogen-bond donors (Lipinski definition) is 1. The molecule has 0 bridgehead atoms. The lowest BCUT2D eigenvalue weighted by molar-refractivity contribution is -0.385. The third-order valence-electron chi connectivity index (χ3n) is 2.86. The van der Waals surface area contributed by atoms with Crippen molar-refractivity contribution < 1.29 is 4.92 Å². The lowest BCUT2D eigenvalue weighted by Gasteiger charge is -2.10. The molecule has 0 saturated carbocycles. The van der Waals surface area contributed by atoms with E-state index in [4.69, 9.17) is 0 Å². The Kier molecular flexibility index (Phi) is 4.11. The van der Waals surface area contributed by atoms with Crippen LogP contribution in [0.25, 0.3) is 0 Å². The molecule has 0 spiro atoms. The molecule has 1 aromatic heterocycles. The summed E-state index contributed by atoms with van der Waals surface area (Å²) in [5.41, 5.74) is 2.64. The predicted octanol–water partition coefficient (Wildman–Crippen LogP) is 3.67. The minimum atomic E-state index is -0.360. The van der Waals surface area contributed by atoms with E-state index in [0.29, 0.717) is 12.1 Å². The Morgan fingerprint density at radius 3 is 2.89 bits per heavy atom. The van der Waals surface area contributed by atoms with E-state index in [1.807, 2.05) is 12.1 Å². The van der Waals surface area contributed by atoms with Crippen molar-refractivity contribution in [3.05, 3.63) is 62.4 Å². The first-order valence-corrected chi connectivity index (χ1v) is 6.45. The summed E-state index contributed by atoms with van der Waals surface area (Å²) in [6, 6.07) is 6.94. The first-order valence-electron chi connectivity index (χ1n) is 5.66. The number of aromatic nitrogens is 1. The van der Waals surface area contributed by atoms with Crippen LogP contribution in [0.4, 0.5) is 11.4 Å². The molecule has 6 heteroatoms. The highest BCUT2D eigenvalue weighted by Gasteiger charge is 2.12. The summed E-state index contributed by atoms with van der Waals surface area (Å²) in [4.78, 5) is 14.5. The molecule has 0 aliphatic carbocycles. The molecule has 5 nitrogen and oxygen atoms in total. The number of benzene rings is 1. The number of nitrogens with one attached hydrogen (secondary N) is 1. The second kappa shape index (κ2) is 5.79. The van der Waals surface area contributed by atoms with Crippen LogP contribution in [-0.4, -0.2) is 9.91 Å². The normalized spacial score (nSPS) is 10.2. The lowest BCUT2D eigenvalue weighted by Crippen LogP contribution is -2.03. The molecule has 2 rings (SSSR count). The van der Waals surface area contributed by atoms with Gasteiger partial charge in [-0.1, -0.05) is 12.1 Å². The maximum Gasteiger partial charge on any atom is 0.272 e. The summed E-state index contributed by atoms with van der Waals surface area (Å²) in [7, 11) is 0. The van der Waals surface area contributed by atoms with Crippen LogP contribution < -0.4 is 5.32 Å². The lowest BCUT2D eigenvalue weighted by atomic mass is 10.1. The van der Waals surface area contributed by atoms with E-state index >= 15 is 0 Å². The minimum absolute atomic E-state index is 0.146. The van der Waals surface area contributed by atoms with E-state index in [1.54, 1.807) is 25.4 Å². The van der Waals surface area contributed by atoms with Crippen LogP contribution in [0.1, 0.15) is 11.1 Å². The Morgan fingerprint density at radius 2 is 2.21 bits per heavy atom. The molecule has 0 saturated heterocycles. The summed E-state index contributed by atoms with van der Waals surface area (Å²) in [6.45, 7) is 2.28. The summed E-state index contributed by atoms with van der Waals surface area (Å²) < 4.78 is 0.859. The van der Waals surface area contributed by atoms with Crippen molar-refractivity contribution in [3.8, 4) is 0 Å². The highest BCUT2D eigenvalue weighted by Crippen LogP contribution is 2.24. The third-order valence-corrected chi connectivity index (χ3v) is 3.49. The molecular weight excluding hydrogens is 310 g/mol. The molecule has 1 aromatic carbocycles. The molecule has 0 fully saturated rings. The molecular formula is C13H12BrN3O2. The summed E-state index contributed by atoms with van der Waals surface area (Å²) >= 11 is 3.39. The zero-order chi connectivity index (χ0) is 13.8. The van der Waals surface area contributed by atoms with E-state index < -0.39 is 0 Å². The summed E-state index contributed by atoms with van der Waals surface area (Å²) in [5, 5.41) is 14.1. The maximum absolute atomic E-state index is 10.9. The predicted molar refractivity (Wildman–Crippen MR) is 77.1 cm³/mol. The highest BCUT2D eigenvalue weighted by atomic mass is 79.9. The van der Waals surface area contributed by atoms with Gasteiger partial charge in [-0.15, -0.1) is 0 Å². The van der Waals surface area contributed by atoms with E-state index in [9.17, 15) is 10.1 Å². The number of nitrogens with zero attached hydrogens (tertiary/aromatic N) is 2. The minimum Gasteiger partial charge on any atom is -0.380 e. The zero-order valence-electron chi connectivity index (χ0n) is 10.3. The largest absolute Gasteiger partial charge is 0.380 e. The molecule has 0 unspecified atom stereocenters. The van der Waals surface area contributed by atoms with Crippen molar-refractivity contribution in [2.24, 2.45) is 0 Å². The Hall–Kier alpha value is -1.95. The molecule has 1 heterocycles. The Bertz CT molecular complexity index is 617. The van der Waals surface area contributed by atoms with Gasteiger partial charge in [0, 0.05) is 30.6 Å². The van der Waals surface area contributed by atoms with E-state index in [2.05, 4.69) is 26.2 Å². The van der Waals surface area contributed by atoms with Crippen molar-refractivity contribution in [3.63, 3.8) is 0 Å². The number of pyridine rings is 1. The van der Waals surface area contributed by atoms with E-state index in [-0.39, 0.29) is 10.6 Å². The van der Waals surface area contributed by atoms with Gasteiger partial charge in [0.15, 0.2) is 0 Å². The number of hydrogen-bond acceptors (Lipinski definition) is 4. The van der Waals surface area contributed by atoms with Crippen LogP contribution >= 0.6 is 15.9 Å². The Balaban J connectivity index is 2.19. The van der Waals surface area contributed by atoms with E-state index in [1.165, 1.54) is 6.07 Å². The monoisotopic (exact) mass is 321 g/mol. The van der Waals surface area contributed by atoms with Gasteiger partial charge in [0.25, 0.3) is 5.69 Å². The Morgan fingerprint density at radius 1 is 1.42 bits per heavy atom. The van der Waals surface area contributed by atoms with Crippen molar-refractivity contribution >= 4 is 27.3 Å². The smallest absolute Gasteiger partial charge is 0.272 e. The zero-order valence-corrected chi connectivity index (χ0v) is 11.8. The average Bonchev–Trinajstić information content (AvgIpc) is 2.39. The van der Waals surface area contributed by atoms with Gasteiger partial charge in [-0.05, 0) is 34.5 Å². The fraction of sp³-hybridized carbons (Fsp3) is 0.154. The SMILES string of the molecule is Cc1c(CNc2ccncc2Br)cccc1[N+](=O)[O-]. The molecule has 1 N–H and O–H groups in total. The molecule has 19 heavy (non-hydrogen) atoms. The van der Waals surface area contributed by atoms with Crippen molar-refractivity contribution in [2.75, 3.05) is 5.32 Å². The van der Waals surface area contributed by atoms with Gasteiger partial charge in [0.05, 0.1) is 15.1 Å². The molecule has 0 amide bonds. The molecule has 0 atom stereocenters. The molecule has 0 aliphatic rings. The van der Waals surface area contributed by atoms with Crippen LogP contribution in [0.5, 0.6) is 0 Å². The van der Waals surface area contributed by atoms with Crippen molar-refractivity contribution in [1.82, 2.24) is 4.98 Å². The fourth-order valence-corrected chi connectivity index (χ4v) is 2.16. The average molecular weight is 322 g/mol.